The van der Waals surface area contributed by atoms with Crippen molar-refractivity contribution in [3.63, 3.8) is 0 Å². The minimum Gasteiger partial charge on any atom is -0.444 e. The zero-order valence-electron chi connectivity index (χ0n) is 11.4. The molecule has 0 heterocycles. The van der Waals surface area contributed by atoms with E-state index in [1.165, 1.54) is 0 Å². The Hall–Kier alpha value is -1.36. The van der Waals surface area contributed by atoms with Crippen molar-refractivity contribution in [1.29, 1.82) is 0 Å². The second kappa shape index (κ2) is 5.33. The summed E-state index contributed by atoms with van der Waals surface area (Å²) < 4.78 is 17.2. The highest BCUT2D eigenvalue weighted by atomic mass is 32.2. The van der Waals surface area contributed by atoms with Crippen LogP contribution in [0.2, 0.25) is 0 Å². The third kappa shape index (κ3) is 4.35. The summed E-state index contributed by atoms with van der Waals surface area (Å²) in [5, 5.41) is 2.95. The van der Waals surface area contributed by atoms with Crippen LogP contribution < -0.4 is 5.32 Å². The molecule has 0 radical (unpaired) electrons. The van der Waals surface area contributed by atoms with E-state index in [2.05, 4.69) is 5.32 Å². The molecule has 1 aliphatic carbocycles. The zero-order chi connectivity index (χ0) is 14.0. The Balaban J connectivity index is 2.02. The molecule has 1 N–H and O–H groups in total. The second-order valence-corrected chi connectivity index (χ2v) is 7.38. The lowest BCUT2D eigenvalue weighted by Crippen LogP contribution is -2.27. The largest absolute Gasteiger partial charge is 0.444 e. The minimum atomic E-state index is -0.960. The summed E-state index contributed by atoms with van der Waals surface area (Å²) in [5.41, 5.74) is 0.0826. The lowest BCUT2D eigenvalue weighted by molar-refractivity contribution is 0.0636. The van der Waals surface area contributed by atoms with Crippen LogP contribution in [0, 0.1) is 0 Å². The molecule has 19 heavy (non-hydrogen) atoms. The summed E-state index contributed by atoms with van der Waals surface area (Å²) in [6.45, 7) is 5.43. The van der Waals surface area contributed by atoms with Crippen molar-refractivity contribution in [3.8, 4) is 0 Å². The van der Waals surface area contributed by atoms with Crippen LogP contribution in [-0.2, 0) is 15.5 Å². The first-order valence-electron chi connectivity index (χ1n) is 6.36. The van der Waals surface area contributed by atoms with Crippen LogP contribution in [0.3, 0.4) is 0 Å². The number of hydrogen-bond acceptors (Lipinski definition) is 3. The molecule has 4 nitrogen and oxygen atoms in total. The molecule has 1 amide bonds. The molecule has 1 fully saturated rings. The fourth-order valence-electron chi connectivity index (χ4n) is 1.60. The van der Waals surface area contributed by atoms with E-state index in [1.54, 1.807) is 18.2 Å². The molecule has 0 aliphatic heterocycles. The molecule has 0 bridgehead atoms. The highest BCUT2D eigenvalue weighted by molar-refractivity contribution is 7.86. The first kappa shape index (κ1) is 14.1. The van der Waals surface area contributed by atoms with Gasteiger partial charge >= 0.3 is 6.09 Å². The number of benzene rings is 1. The van der Waals surface area contributed by atoms with Crippen molar-refractivity contribution >= 4 is 22.6 Å². The average molecular weight is 281 g/mol. The number of amides is 1. The Labute approximate surface area is 116 Å². The average Bonchev–Trinajstić information content (AvgIpc) is 3.09. The van der Waals surface area contributed by atoms with Crippen molar-refractivity contribution in [1.82, 2.24) is 0 Å². The van der Waals surface area contributed by atoms with E-state index in [9.17, 15) is 9.00 Å². The molecular weight excluding hydrogens is 262 g/mol. The predicted octanol–water partition coefficient (Wildman–Crippen LogP) is 3.30. The van der Waals surface area contributed by atoms with Gasteiger partial charge in [-0.25, -0.2) is 4.79 Å². The lowest BCUT2D eigenvalue weighted by Gasteiger charge is -2.19. The fourth-order valence-corrected chi connectivity index (χ4v) is 3.00. The molecule has 1 aromatic carbocycles. The van der Waals surface area contributed by atoms with E-state index in [0.29, 0.717) is 5.69 Å². The van der Waals surface area contributed by atoms with E-state index in [0.717, 1.165) is 17.7 Å². The summed E-state index contributed by atoms with van der Waals surface area (Å²) in [6.07, 6.45) is 1.55. The Bertz CT molecular complexity index is 504. The normalized spacial score (nSPS) is 16.8. The van der Waals surface area contributed by atoms with Gasteiger partial charge in [-0.05, 0) is 51.8 Å². The van der Waals surface area contributed by atoms with E-state index >= 15 is 0 Å². The van der Waals surface area contributed by atoms with Gasteiger partial charge in [-0.2, -0.15) is 0 Å². The molecule has 1 saturated carbocycles. The third-order valence-corrected chi connectivity index (χ3v) is 4.33. The van der Waals surface area contributed by atoms with Gasteiger partial charge in [0.2, 0.25) is 0 Å². The van der Waals surface area contributed by atoms with Gasteiger partial charge in [-0.1, -0.05) is 6.07 Å². The second-order valence-electron chi connectivity index (χ2n) is 5.65. The van der Waals surface area contributed by atoms with E-state index in [1.807, 2.05) is 26.8 Å². The van der Waals surface area contributed by atoms with Crippen molar-refractivity contribution in [2.75, 3.05) is 5.32 Å². The molecule has 5 heteroatoms. The molecule has 2 rings (SSSR count). The molecule has 104 valence electrons. The smallest absolute Gasteiger partial charge is 0.412 e. The van der Waals surface area contributed by atoms with Crippen LogP contribution in [0.15, 0.2) is 29.2 Å². The first-order chi connectivity index (χ1) is 8.85. The van der Waals surface area contributed by atoms with Crippen LogP contribution in [0.1, 0.15) is 33.6 Å². The molecule has 0 aromatic heterocycles. The number of rotatable bonds is 3. The minimum absolute atomic E-state index is 0.289. The van der Waals surface area contributed by atoms with Gasteiger partial charge < -0.3 is 4.74 Å². The Morgan fingerprint density at radius 3 is 2.63 bits per heavy atom. The zero-order valence-corrected chi connectivity index (χ0v) is 12.3. The highest BCUT2D eigenvalue weighted by Gasteiger charge is 2.29. The van der Waals surface area contributed by atoms with Gasteiger partial charge in [0.15, 0.2) is 0 Å². The Morgan fingerprint density at radius 2 is 2.05 bits per heavy atom. The van der Waals surface area contributed by atoms with E-state index < -0.39 is 22.5 Å². The summed E-state index contributed by atoms with van der Waals surface area (Å²) in [4.78, 5) is 12.4. The number of nitrogens with one attached hydrogen (secondary N) is 1. The van der Waals surface area contributed by atoms with Gasteiger partial charge in [0.25, 0.3) is 0 Å². The van der Waals surface area contributed by atoms with Gasteiger partial charge in [0.1, 0.15) is 5.60 Å². The summed E-state index contributed by atoms with van der Waals surface area (Å²) >= 11 is 0. The van der Waals surface area contributed by atoms with Crippen molar-refractivity contribution in [2.24, 2.45) is 0 Å². The fraction of sp³-hybridized carbons (Fsp3) is 0.500. The van der Waals surface area contributed by atoms with Gasteiger partial charge in [0.05, 0.1) is 10.8 Å². The van der Waals surface area contributed by atoms with Crippen molar-refractivity contribution < 1.29 is 13.7 Å². The Morgan fingerprint density at radius 1 is 1.37 bits per heavy atom. The number of ether oxygens (including phenoxy) is 1. The monoisotopic (exact) mass is 281 g/mol. The van der Waals surface area contributed by atoms with Crippen LogP contribution in [0.5, 0.6) is 0 Å². The van der Waals surface area contributed by atoms with Crippen molar-refractivity contribution in [3.05, 3.63) is 24.3 Å². The van der Waals surface area contributed by atoms with Gasteiger partial charge in [-0.3, -0.25) is 9.53 Å². The summed E-state index contributed by atoms with van der Waals surface area (Å²) in [6, 6.07) is 7.13. The quantitative estimate of drug-likeness (QED) is 0.924. The molecule has 1 aliphatic rings. The van der Waals surface area contributed by atoms with Gasteiger partial charge in [0, 0.05) is 15.8 Å². The molecule has 0 saturated heterocycles. The van der Waals surface area contributed by atoms with Crippen LogP contribution in [0.25, 0.3) is 0 Å². The SMILES string of the molecule is CC(C)(C)OC(=O)Nc1cccc(S(=O)C2CC2)c1. The first-order valence-corrected chi connectivity index (χ1v) is 7.57. The van der Waals surface area contributed by atoms with Crippen LogP contribution >= 0.6 is 0 Å². The molecular formula is C14H19NO3S. The molecule has 0 spiro atoms. The maximum Gasteiger partial charge on any atom is 0.412 e. The van der Waals surface area contributed by atoms with E-state index in [4.69, 9.17) is 4.74 Å². The number of carbonyl (C=O) groups excluding carboxylic acids is 1. The number of carbonyl (C=O) groups is 1. The maximum atomic E-state index is 12.0. The number of hydrogen-bond donors (Lipinski definition) is 1. The predicted molar refractivity (Wildman–Crippen MR) is 75.7 cm³/mol. The lowest BCUT2D eigenvalue weighted by atomic mass is 10.2. The summed E-state index contributed by atoms with van der Waals surface area (Å²) in [7, 11) is -0.960. The maximum absolute atomic E-state index is 12.0. The van der Waals surface area contributed by atoms with Crippen LogP contribution in [-0.4, -0.2) is 21.2 Å². The topological polar surface area (TPSA) is 55.4 Å². The standard InChI is InChI=1S/C14H19NO3S/c1-14(2,3)18-13(16)15-10-5-4-6-12(9-10)19(17)11-7-8-11/h4-6,9,11H,7-8H2,1-3H3,(H,15,16). The summed E-state index contributed by atoms with van der Waals surface area (Å²) in [5.74, 6) is 0. The molecule has 1 aromatic rings. The molecule has 1 atom stereocenters. The van der Waals surface area contributed by atoms with Crippen LogP contribution in [0.4, 0.5) is 10.5 Å². The molecule has 1 unspecified atom stereocenters. The van der Waals surface area contributed by atoms with E-state index in [-0.39, 0.29) is 5.25 Å². The third-order valence-electron chi connectivity index (χ3n) is 2.54. The van der Waals surface area contributed by atoms with Gasteiger partial charge in [-0.15, -0.1) is 0 Å². The van der Waals surface area contributed by atoms with Crippen molar-refractivity contribution in [2.45, 2.75) is 49.4 Å². The Kier molecular flexibility index (Phi) is 3.94. The number of anilines is 1. The highest BCUT2D eigenvalue weighted by Crippen LogP contribution is 2.31.